The van der Waals surface area contributed by atoms with Crippen LogP contribution in [-0.4, -0.2) is 25.9 Å². The molecule has 0 aromatic heterocycles. The van der Waals surface area contributed by atoms with Crippen molar-refractivity contribution >= 4 is 44.6 Å². The number of carbonyl (C=O) groups is 1. The maximum absolute atomic E-state index is 12.9. The van der Waals surface area contributed by atoms with Crippen molar-refractivity contribution in [3.63, 3.8) is 0 Å². The van der Waals surface area contributed by atoms with Gasteiger partial charge in [-0.25, -0.2) is 8.42 Å². The van der Waals surface area contributed by atoms with Crippen molar-refractivity contribution in [1.82, 2.24) is 0 Å². The first-order chi connectivity index (χ1) is 15.6. The van der Waals surface area contributed by atoms with Crippen molar-refractivity contribution < 1.29 is 22.9 Å². The molecule has 0 atom stereocenters. The highest BCUT2D eigenvalue weighted by Gasteiger charge is 2.21. The Morgan fingerprint density at radius 1 is 1.12 bits per heavy atom. The summed E-state index contributed by atoms with van der Waals surface area (Å²) >= 11 is 6.05. The van der Waals surface area contributed by atoms with Crippen LogP contribution in [0.2, 0.25) is 5.02 Å². The van der Waals surface area contributed by atoms with Gasteiger partial charge in [0.25, 0.3) is 15.9 Å². The van der Waals surface area contributed by atoms with Crippen LogP contribution in [0.4, 0.5) is 17.1 Å². The van der Waals surface area contributed by atoms with E-state index in [1.807, 2.05) is 0 Å². The number of amides is 1. The van der Waals surface area contributed by atoms with Crippen LogP contribution in [-0.2, 0) is 10.0 Å². The van der Waals surface area contributed by atoms with Gasteiger partial charge < -0.3 is 10.1 Å². The zero-order valence-electron chi connectivity index (χ0n) is 17.7. The van der Waals surface area contributed by atoms with Crippen molar-refractivity contribution in [2.24, 2.45) is 0 Å². The Labute approximate surface area is 195 Å². The molecule has 172 valence electrons. The topological polar surface area (TPSA) is 128 Å². The summed E-state index contributed by atoms with van der Waals surface area (Å²) in [6.07, 6.45) is 0. The Balaban J connectivity index is 1.88. The lowest BCUT2D eigenvalue weighted by molar-refractivity contribution is -0.385. The van der Waals surface area contributed by atoms with Gasteiger partial charge in [0.05, 0.1) is 27.1 Å². The predicted octanol–water partition coefficient (Wildman–Crippen LogP) is 5.01. The molecule has 3 aromatic rings. The Bertz CT molecular complexity index is 1330. The molecule has 33 heavy (non-hydrogen) atoms. The summed E-state index contributed by atoms with van der Waals surface area (Å²) in [6.45, 7) is 3.53. The van der Waals surface area contributed by atoms with E-state index in [9.17, 15) is 23.3 Å². The number of nitrogens with zero attached hydrogens (tertiary/aromatic N) is 1. The van der Waals surface area contributed by atoms with Gasteiger partial charge in [0.2, 0.25) is 0 Å². The van der Waals surface area contributed by atoms with Crippen LogP contribution >= 0.6 is 11.6 Å². The number of hydrogen-bond donors (Lipinski definition) is 2. The van der Waals surface area contributed by atoms with Crippen molar-refractivity contribution in [3.05, 3.63) is 86.9 Å². The Kier molecular flexibility index (Phi) is 7.19. The number of rotatable bonds is 8. The van der Waals surface area contributed by atoms with Crippen LogP contribution < -0.4 is 14.8 Å². The average Bonchev–Trinajstić information content (AvgIpc) is 2.76. The van der Waals surface area contributed by atoms with Gasteiger partial charge in [-0.15, -0.1) is 0 Å². The molecule has 0 aliphatic rings. The fraction of sp³-hybridized carbons (Fsp3) is 0.136. The third kappa shape index (κ3) is 5.60. The molecule has 0 radical (unpaired) electrons. The SMILES string of the molecule is CCOc1ccc(C(=O)Nc2ccc(C)c(S(=O)(=O)Nc3ccccc3Cl)c2)cc1[N+](=O)[O-]. The molecule has 2 N–H and O–H groups in total. The largest absolute Gasteiger partial charge is 0.487 e. The molecule has 0 aliphatic carbocycles. The number of ether oxygens (including phenoxy) is 1. The van der Waals surface area contributed by atoms with Crippen LogP contribution in [0.25, 0.3) is 0 Å². The Morgan fingerprint density at radius 2 is 1.85 bits per heavy atom. The van der Waals surface area contributed by atoms with Crippen LogP contribution in [0, 0.1) is 17.0 Å². The normalized spacial score (nSPS) is 11.0. The van der Waals surface area contributed by atoms with Gasteiger partial charge in [-0.3, -0.25) is 19.6 Å². The average molecular weight is 490 g/mol. The molecule has 0 spiro atoms. The van der Waals surface area contributed by atoms with Gasteiger partial charge in [-0.2, -0.15) is 0 Å². The molecule has 0 bridgehead atoms. The molecule has 0 unspecified atom stereocenters. The number of nitro benzene ring substituents is 1. The molecule has 3 aromatic carbocycles. The van der Waals surface area contributed by atoms with Crippen molar-refractivity contribution in [2.75, 3.05) is 16.6 Å². The molecule has 11 heteroatoms. The number of carbonyl (C=O) groups excluding carboxylic acids is 1. The maximum atomic E-state index is 12.9. The minimum atomic E-state index is -4.01. The minimum absolute atomic E-state index is 0.0179. The standard InChI is InChI=1S/C22H20ClN3O6S/c1-3-32-20-11-9-15(12-19(20)26(28)29)22(27)24-16-10-8-14(2)21(13-16)33(30,31)25-18-7-5-4-6-17(18)23/h4-13,25H,3H2,1-2H3,(H,24,27). The summed E-state index contributed by atoms with van der Waals surface area (Å²) in [4.78, 5) is 23.3. The van der Waals surface area contributed by atoms with Gasteiger partial charge in [-0.05, 0) is 55.8 Å². The number of sulfonamides is 1. The summed E-state index contributed by atoms with van der Waals surface area (Å²) in [6, 6.07) is 14.6. The minimum Gasteiger partial charge on any atom is -0.487 e. The second-order valence-electron chi connectivity index (χ2n) is 6.89. The lowest BCUT2D eigenvalue weighted by Gasteiger charge is -2.13. The highest BCUT2D eigenvalue weighted by Crippen LogP contribution is 2.29. The number of aryl methyl sites for hydroxylation is 1. The molecule has 0 heterocycles. The summed E-state index contributed by atoms with van der Waals surface area (Å²) in [5.41, 5.74) is 0.533. The number of nitrogens with one attached hydrogen (secondary N) is 2. The fourth-order valence-electron chi connectivity index (χ4n) is 2.99. The van der Waals surface area contributed by atoms with Gasteiger partial charge in [-0.1, -0.05) is 29.8 Å². The molecule has 3 rings (SSSR count). The van der Waals surface area contributed by atoms with E-state index in [1.165, 1.54) is 36.4 Å². The number of halogens is 1. The molecular formula is C22H20ClN3O6S. The molecule has 0 aliphatic heterocycles. The van der Waals surface area contributed by atoms with E-state index in [1.54, 1.807) is 32.0 Å². The lowest BCUT2D eigenvalue weighted by Crippen LogP contribution is -2.16. The lowest BCUT2D eigenvalue weighted by atomic mass is 10.1. The van der Waals surface area contributed by atoms with Crippen LogP contribution in [0.5, 0.6) is 5.75 Å². The quantitative estimate of drug-likeness (QED) is 0.338. The van der Waals surface area contributed by atoms with E-state index in [0.29, 0.717) is 5.56 Å². The predicted molar refractivity (Wildman–Crippen MR) is 126 cm³/mol. The Morgan fingerprint density at radius 3 is 2.52 bits per heavy atom. The van der Waals surface area contributed by atoms with Crippen LogP contribution in [0.1, 0.15) is 22.8 Å². The molecule has 0 saturated heterocycles. The number of hydrogen-bond acceptors (Lipinski definition) is 6. The first kappa shape index (κ1) is 24.0. The first-order valence-electron chi connectivity index (χ1n) is 9.73. The fourth-order valence-corrected chi connectivity index (χ4v) is 4.58. The molecular weight excluding hydrogens is 470 g/mol. The summed E-state index contributed by atoms with van der Waals surface area (Å²) in [7, 11) is -4.01. The van der Waals surface area contributed by atoms with E-state index in [-0.39, 0.29) is 44.9 Å². The van der Waals surface area contributed by atoms with E-state index in [0.717, 1.165) is 6.07 Å². The van der Waals surface area contributed by atoms with Gasteiger partial charge >= 0.3 is 5.69 Å². The first-order valence-corrected chi connectivity index (χ1v) is 11.6. The number of benzene rings is 3. The smallest absolute Gasteiger partial charge is 0.311 e. The zero-order chi connectivity index (χ0) is 24.2. The van der Waals surface area contributed by atoms with E-state index < -0.39 is 20.9 Å². The van der Waals surface area contributed by atoms with E-state index in [4.69, 9.17) is 16.3 Å². The third-order valence-corrected chi connectivity index (χ3v) is 6.41. The molecule has 9 nitrogen and oxygen atoms in total. The molecule has 0 saturated carbocycles. The van der Waals surface area contributed by atoms with Crippen LogP contribution in [0.15, 0.2) is 65.6 Å². The number of para-hydroxylation sites is 1. The highest BCUT2D eigenvalue weighted by atomic mass is 35.5. The second kappa shape index (κ2) is 9.88. The van der Waals surface area contributed by atoms with E-state index in [2.05, 4.69) is 10.0 Å². The van der Waals surface area contributed by atoms with Crippen molar-refractivity contribution in [2.45, 2.75) is 18.7 Å². The molecule has 1 amide bonds. The summed E-state index contributed by atoms with van der Waals surface area (Å²) in [5, 5.41) is 14.1. The van der Waals surface area contributed by atoms with Crippen molar-refractivity contribution in [3.8, 4) is 5.75 Å². The van der Waals surface area contributed by atoms with Gasteiger partial charge in [0, 0.05) is 17.3 Å². The van der Waals surface area contributed by atoms with E-state index >= 15 is 0 Å². The number of anilines is 2. The monoisotopic (exact) mass is 489 g/mol. The third-order valence-electron chi connectivity index (χ3n) is 4.57. The van der Waals surface area contributed by atoms with Crippen LogP contribution in [0.3, 0.4) is 0 Å². The maximum Gasteiger partial charge on any atom is 0.311 e. The second-order valence-corrected chi connectivity index (χ2v) is 8.95. The number of nitro groups is 1. The Hall–Kier alpha value is -3.63. The summed E-state index contributed by atoms with van der Waals surface area (Å²) < 4.78 is 33.5. The summed E-state index contributed by atoms with van der Waals surface area (Å²) in [5.74, 6) is -0.596. The van der Waals surface area contributed by atoms with Crippen molar-refractivity contribution in [1.29, 1.82) is 0 Å². The zero-order valence-corrected chi connectivity index (χ0v) is 19.2. The van der Waals surface area contributed by atoms with Gasteiger partial charge in [0.15, 0.2) is 5.75 Å². The highest BCUT2D eigenvalue weighted by molar-refractivity contribution is 7.92. The molecule has 0 fully saturated rings. The van der Waals surface area contributed by atoms with Gasteiger partial charge in [0.1, 0.15) is 0 Å².